The zero-order valence-corrected chi connectivity index (χ0v) is 9.51. The normalized spacial score (nSPS) is 10.3. The van der Waals surface area contributed by atoms with Crippen molar-refractivity contribution in [3.8, 4) is 6.19 Å². The molecule has 1 aromatic carbocycles. The lowest BCUT2D eigenvalue weighted by molar-refractivity contribution is 0.478. The molecular weight excluding hydrogens is 200 g/mol. The minimum atomic E-state index is 0.745. The average molecular weight is 214 g/mol. The fraction of sp³-hybridized carbons (Fsp3) is 0.333. The lowest BCUT2D eigenvalue weighted by atomic mass is 10.1. The van der Waals surface area contributed by atoms with Crippen LogP contribution < -0.4 is 0 Å². The Morgan fingerprint density at radius 3 is 3.06 bits per heavy atom. The second-order valence-corrected chi connectivity index (χ2v) is 3.95. The summed E-state index contributed by atoms with van der Waals surface area (Å²) in [6.07, 6.45) is 4.78. The highest BCUT2D eigenvalue weighted by molar-refractivity contribution is 5.75. The molecular formula is C12H14N4. The maximum atomic E-state index is 8.65. The second-order valence-electron chi connectivity index (χ2n) is 3.95. The first kappa shape index (κ1) is 10.5. The largest absolute Gasteiger partial charge is 0.334 e. The molecule has 82 valence electrons. The molecule has 0 saturated heterocycles. The number of imidazole rings is 1. The van der Waals surface area contributed by atoms with Crippen molar-refractivity contribution in [1.29, 1.82) is 5.26 Å². The summed E-state index contributed by atoms with van der Waals surface area (Å²) in [7, 11) is 3.78. The Morgan fingerprint density at radius 2 is 2.31 bits per heavy atom. The standard InChI is InChI=1S/C12H14N4/c1-15(8-13)6-5-10-3-4-12-11(7-10)14-9-16(12)2/h3-4,7,9H,5-6H2,1-2H3. The molecule has 0 fully saturated rings. The molecule has 0 N–H and O–H groups in total. The van der Waals surface area contributed by atoms with Gasteiger partial charge < -0.3 is 9.47 Å². The molecule has 0 bridgehead atoms. The third kappa shape index (κ3) is 1.98. The van der Waals surface area contributed by atoms with Crippen LogP contribution >= 0.6 is 0 Å². The van der Waals surface area contributed by atoms with E-state index in [9.17, 15) is 0 Å². The first-order valence-electron chi connectivity index (χ1n) is 5.21. The molecule has 2 aromatic rings. The molecule has 2 rings (SSSR count). The molecule has 0 radical (unpaired) electrons. The quantitative estimate of drug-likeness (QED) is 0.575. The van der Waals surface area contributed by atoms with Gasteiger partial charge in [0.1, 0.15) is 0 Å². The highest BCUT2D eigenvalue weighted by atomic mass is 15.1. The van der Waals surface area contributed by atoms with Gasteiger partial charge in [0.15, 0.2) is 6.19 Å². The van der Waals surface area contributed by atoms with Gasteiger partial charge in [0, 0.05) is 20.6 Å². The molecule has 0 saturated carbocycles. The zero-order chi connectivity index (χ0) is 11.5. The van der Waals surface area contributed by atoms with E-state index in [0.29, 0.717) is 0 Å². The Morgan fingerprint density at radius 1 is 1.50 bits per heavy atom. The molecule has 0 atom stereocenters. The minimum absolute atomic E-state index is 0.745. The van der Waals surface area contributed by atoms with Crippen molar-refractivity contribution in [1.82, 2.24) is 14.5 Å². The summed E-state index contributed by atoms with van der Waals surface area (Å²) in [5.74, 6) is 0. The lowest BCUT2D eigenvalue weighted by Crippen LogP contribution is -2.14. The van der Waals surface area contributed by atoms with Crippen LogP contribution in [0.4, 0.5) is 0 Å². The third-order valence-electron chi connectivity index (χ3n) is 2.70. The van der Waals surface area contributed by atoms with E-state index in [1.165, 1.54) is 5.56 Å². The summed E-state index contributed by atoms with van der Waals surface area (Å²) in [5.41, 5.74) is 3.37. The van der Waals surface area contributed by atoms with E-state index in [0.717, 1.165) is 24.0 Å². The fourth-order valence-electron chi connectivity index (χ4n) is 1.68. The predicted molar refractivity (Wildman–Crippen MR) is 62.7 cm³/mol. The smallest absolute Gasteiger partial charge is 0.179 e. The summed E-state index contributed by atoms with van der Waals surface area (Å²) < 4.78 is 2.00. The van der Waals surface area contributed by atoms with Gasteiger partial charge in [-0.2, -0.15) is 5.26 Å². The molecule has 16 heavy (non-hydrogen) atoms. The lowest BCUT2D eigenvalue weighted by Gasteiger charge is -2.08. The average Bonchev–Trinajstić information content (AvgIpc) is 2.67. The molecule has 0 aliphatic heterocycles. The summed E-state index contributed by atoms with van der Waals surface area (Å²) >= 11 is 0. The highest BCUT2D eigenvalue weighted by Gasteiger charge is 2.02. The topological polar surface area (TPSA) is 44.9 Å². The van der Waals surface area contributed by atoms with Gasteiger partial charge >= 0.3 is 0 Å². The second kappa shape index (κ2) is 4.23. The van der Waals surface area contributed by atoms with E-state index >= 15 is 0 Å². The van der Waals surface area contributed by atoms with Crippen LogP contribution in [0.2, 0.25) is 0 Å². The van der Waals surface area contributed by atoms with E-state index in [1.807, 2.05) is 17.9 Å². The summed E-state index contributed by atoms with van der Waals surface area (Å²) in [6.45, 7) is 0.745. The molecule has 0 unspecified atom stereocenters. The Bertz CT molecular complexity index is 535. The Kier molecular flexibility index (Phi) is 2.78. The molecule has 0 spiro atoms. The summed E-state index contributed by atoms with van der Waals surface area (Å²) in [6, 6.07) is 6.25. The van der Waals surface area contributed by atoms with E-state index in [4.69, 9.17) is 5.26 Å². The molecule has 0 aliphatic rings. The SMILES string of the molecule is CN(C#N)CCc1ccc2c(c1)ncn2C. The van der Waals surface area contributed by atoms with Crippen LogP contribution in [0.15, 0.2) is 24.5 Å². The Hall–Kier alpha value is -2.02. The first-order chi connectivity index (χ1) is 7.70. The van der Waals surface area contributed by atoms with Gasteiger partial charge in [-0.25, -0.2) is 4.98 Å². The van der Waals surface area contributed by atoms with Crippen LogP contribution in [0.3, 0.4) is 0 Å². The van der Waals surface area contributed by atoms with Gasteiger partial charge in [-0.15, -0.1) is 0 Å². The van der Waals surface area contributed by atoms with Crippen LogP contribution in [0.1, 0.15) is 5.56 Å². The van der Waals surface area contributed by atoms with Crippen molar-refractivity contribution in [3.63, 3.8) is 0 Å². The number of benzene rings is 1. The predicted octanol–water partition coefficient (Wildman–Crippen LogP) is 1.53. The Labute approximate surface area is 94.7 Å². The number of hydrogen-bond donors (Lipinski definition) is 0. The number of nitrogens with zero attached hydrogens (tertiary/aromatic N) is 4. The van der Waals surface area contributed by atoms with Crippen molar-refractivity contribution in [3.05, 3.63) is 30.1 Å². The van der Waals surface area contributed by atoms with Crippen molar-refractivity contribution >= 4 is 11.0 Å². The van der Waals surface area contributed by atoms with E-state index < -0.39 is 0 Å². The Balaban J connectivity index is 2.17. The zero-order valence-electron chi connectivity index (χ0n) is 9.51. The van der Waals surface area contributed by atoms with Crippen molar-refractivity contribution in [2.75, 3.05) is 13.6 Å². The molecule has 4 nitrogen and oxygen atoms in total. The fourth-order valence-corrected chi connectivity index (χ4v) is 1.68. The molecule has 1 heterocycles. The summed E-state index contributed by atoms with van der Waals surface area (Å²) in [4.78, 5) is 5.94. The number of aryl methyl sites for hydroxylation is 1. The highest BCUT2D eigenvalue weighted by Crippen LogP contribution is 2.14. The monoisotopic (exact) mass is 214 g/mol. The number of rotatable bonds is 3. The van der Waals surface area contributed by atoms with Gasteiger partial charge in [-0.05, 0) is 24.1 Å². The third-order valence-corrected chi connectivity index (χ3v) is 2.70. The first-order valence-corrected chi connectivity index (χ1v) is 5.21. The molecule has 1 aromatic heterocycles. The number of likely N-dealkylation sites (N-methyl/N-ethyl adjacent to an activating group) is 1. The minimum Gasteiger partial charge on any atom is -0.334 e. The van der Waals surface area contributed by atoms with Gasteiger partial charge in [0.2, 0.25) is 0 Å². The van der Waals surface area contributed by atoms with Crippen LogP contribution in [-0.4, -0.2) is 28.0 Å². The van der Waals surface area contributed by atoms with Gasteiger partial charge in [0.25, 0.3) is 0 Å². The number of aromatic nitrogens is 2. The molecule has 4 heteroatoms. The van der Waals surface area contributed by atoms with Crippen molar-refractivity contribution in [2.45, 2.75) is 6.42 Å². The van der Waals surface area contributed by atoms with E-state index in [-0.39, 0.29) is 0 Å². The number of hydrogen-bond acceptors (Lipinski definition) is 3. The van der Waals surface area contributed by atoms with Crippen LogP contribution in [0.5, 0.6) is 0 Å². The van der Waals surface area contributed by atoms with E-state index in [1.54, 1.807) is 11.9 Å². The molecule has 0 aliphatic carbocycles. The van der Waals surface area contributed by atoms with Gasteiger partial charge in [0.05, 0.1) is 17.4 Å². The van der Waals surface area contributed by atoms with Crippen LogP contribution in [-0.2, 0) is 13.5 Å². The van der Waals surface area contributed by atoms with Crippen LogP contribution in [0, 0.1) is 11.5 Å². The van der Waals surface area contributed by atoms with Crippen molar-refractivity contribution < 1.29 is 0 Å². The maximum Gasteiger partial charge on any atom is 0.179 e. The number of fused-ring (bicyclic) bond motifs is 1. The number of nitriles is 1. The van der Waals surface area contributed by atoms with Crippen LogP contribution in [0.25, 0.3) is 11.0 Å². The van der Waals surface area contributed by atoms with E-state index in [2.05, 4.69) is 29.4 Å². The van der Waals surface area contributed by atoms with Gasteiger partial charge in [-0.1, -0.05) is 6.07 Å². The maximum absolute atomic E-state index is 8.65. The summed E-state index contributed by atoms with van der Waals surface area (Å²) in [5, 5.41) is 8.65. The molecule has 0 amide bonds. The van der Waals surface area contributed by atoms with Crippen molar-refractivity contribution in [2.24, 2.45) is 7.05 Å². The van der Waals surface area contributed by atoms with Gasteiger partial charge in [-0.3, -0.25) is 0 Å².